The molecule has 69 valence electrons. The lowest BCUT2D eigenvalue weighted by Crippen LogP contribution is -1.74. The molecule has 0 aliphatic rings. The maximum Gasteiger partial charge on any atom is 0.123 e. The van der Waals surface area contributed by atoms with Crippen LogP contribution in [0.2, 0.25) is 0 Å². The van der Waals surface area contributed by atoms with E-state index in [1.54, 1.807) is 23.9 Å². The molecule has 0 aliphatic carbocycles. The van der Waals surface area contributed by atoms with E-state index in [1.165, 1.54) is 12.1 Å². The molecule has 0 nitrogen and oxygen atoms in total. The van der Waals surface area contributed by atoms with Gasteiger partial charge >= 0.3 is 0 Å². The highest BCUT2D eigenvalue weighted by molar-refractivity contribution is 7.99. The van der Waals surface area contributed by atoms with Gasteiger partial charge in [0, 0.05) is 9.79 Å². The summed E-state index contributed by atoms with van der Waals surface area (Å²) in [5, 5.41) is 0. The van der Waals surface area contributed by atoms with E-state index in [-0.39, 0.29) is 5.82 Å². The predicted molar refractivity (Wildman–Crippen MR) is 55.8 cm³/mol. The van der Waals surface area contributed by atoms with E-state index in [9.17, 15) is 4.39 Å². The summed E-state index contributed by atoms with van der Waals surface area (Å²) in [7, 11) is 0. The summed E-state index contributed by atoms with van der Waals surface area (Å²) < 4.78 is 12.6. The fourth-order valence-electron chi connectivity index (χ4n) is 1.08. The molecule has 2 aromatic carbocycles. The van der Waals surface area contributed by atoms with Gasteiger partial charge in [-0.1, -0.05) is 23.9 Å². The molecule has 0 heterocycles. The Morgan fingerprint density at radius 1 is 0.857 bits per heavy atom. The highest BCUT2D eigenvalue weighted by Crippen LogP contribution is 2.26. The summed E-state index contributed by atoms with van der Waals surface area (Å²) >= 11 is 1.61. The average Bonchev–Trinajstić information content (AvgIpc) is 2.23. The van der Waals surface area contributed by atoms with E-state index in [2.05, 4.69) is 6.07 Å². The molecule has 2 aromatic rings. The van der Waals surface area contributed by atoms with Crippen LogP contribution in [0.5, 0.6) is 0 Å². The third kappa shape index (κ3) is 2.36. The van der Waals surface area contributed by atoms with E-state index in [0.717, 1.165) is 9.79 Å². The van der Waals surface area contributed by atoms with Crippen LogP contribution in [0.25, 0.3) is 0 Å². The summed E-state index contributed by atoms with van der Waals surface area (Å²) in [4.78, 5) is 2.17. The maximum absolute atomic E-state index is 12.6. The van der Waals surface area contributed by atoms with Gasteiger partial charge in [-0.3, -0.25) is 0 Å². The van der Waals surface area contributed by atoms with Gasteiger partial charge in [-0.2, -0.15) is 0 Å². The molecule has 14 heavy (non-hydrogen) atoms. The van der Waals surface area contributed by atoms with Gasteiger partial charge in [0.05, 0.1) is 0 Å². The minimum atomic E-state index is -0.198. The van der Waals surface area contributed by atoms with Crippen molar-refractivity contribution in [2.45, 2.75) is 9.79 Å². The Balaban J connectivity index is 2.16. The number of benzene rings is 2. The number of hydrogen-bond donors (Lipinski definition) is 0. The first-order valence-corrected chi connectivity index (χ1v) is 5.06. The van der Waals surface area contributed by atoms with Gasteiger partial charge in [0.15, 0.2) is 0 Å². The normalized spacial score (nSPS) is 10.1. The SMILES string of the molecule is Fc1ccc(Sc2cc[c]cc2)cc1. The molecule has 2 rings (SSSR count). The van der Waals surface area contributed by atoms with Gasteiger partial charge in [-0.25, -0.2) is 4.39 Å². The van der Waals surface area contributed by atoms with E-state index in [1.807, 2.05) is 24.3 Å². The molecule has 0 fully saturated rings. The first-order chi connectivity index (χ1) is 6.84. The Morgan fingerprint density at radius 3 is 2.07 bits per heavy atom. The zero-order valence-electron chi connectivity index (χ0n) is 7.41. The molecule has 0 amide bonds. The van der Waals surface area contributed by atoms with Crippen LogP contribution in [-0.2, 0) is 0 Å². The number of halogens is 1. The van der Waals surface area contributed by atoms with Gasteiger partial charge in [0.25, 0.3) is 0 Å². The zero-order chi connectivity index (χ0) is 9.80. The highest BCUT2D eigenvalue weighted by atomic mass is 32.2. The molecular weight excluding hydrogens is 195 g/mol. The van der Waals surface area contributed by atoms with Crippen molar-refractivity contribution in [3.8, 4) is 0 Å². The van der Waals surface area contributed by atoms with Gasteiger partial charge in [0.1, 0.15) is 5.82 Å². The van der Waals surface area contributed by atoms with Crippen LogP contribution in [0, 0.1) is 11.9 Å². The van der Waals surface area contributed by atoms with Gasteiger partial charge in [-0.05, 0) is 42.5 Å². The smallest absolute Gasteiger partial charge is 0.123 e. The van der Waals surface area contributed by atoms with E-state index >= 15 is 0 Å². The molecule has 0 saturated carbocycles. The average molecular weight is 203 g/mol. The number of rotatable bonds is 2. The van der Waals surface area contributed by atoms with Gasteiger partial charge in [0.2, 0.25) is 0 Å². The molecule has 0 bridgehead atoms. The zero-order valence-corrected chi connectivity index (χ0v) is 8.22. The Kier molecular flexibility index (Phi) is 2.84. The molecule has 0 aromatic heterocycles. The lowest BCUT2D eigenvalue weighted by Gasteiger charge is -2.00. The van der Waals surface area contributed by atoms with Crippen molar-refractivity contribution in [2.24, 2.45) is 0 Å². The van der Waals surface area contributed by atoms with Crippen LogP contribution in [0.4, 0.5) is 4.39 Å². The standard InChI is InChI=1S/C12H8FS/c13-10-6-8-12(9-7-10)14-11-4-2-1-3-5-11/h2-9H. The highest BCUT2D eigenvalue weighted by Gasteiger charge is 1.96. The van der Waals surface area contributed by atoms with Crippen LogP contribution in [0.3, 0.4) is 0 Å². The van der Waals surface area contributed by atoms with Crippen LogP contribution >= 0.6 is 11.8 Å². The Labute approximate surface area is 86.8 Å². The third-order valence-electron chi connectivity index (χ3n) is 1.74. The Bertz CT molecular complexity index is 394. The van der Waals surface area contributed by atoms with E-state index in [0.29, 0.717) is 0 Å². The monoisotopic (exact) mass is 203 g/mol. The van der Waals surface area contributed by atoms with Crippen molar-refractivity contribution in [3.63, 3.8) is 0 Å². The van der Waals surface area contributed by atoms with Crippen LogP contribution in [0.15, 0.2) is 58.3 Å². The predicted octanol–water partition coefficient (Wildman–Crippen LogP) is 3.78. The summed E-state index contributed by atoms with van der Waals surface area (Å²) in [5.74, 6) is -0.198. The maximum atomic E-state index is 12.6. The Morgan fingerprint density at radius 2 is 1.43 bits per heavy atom. The molecule has 0 spiro atoms. The van der Waals surface area contributed by atoms with Crippen molar-refractivity contribution in [1.29, 1.82) is 0 Å². The van der Waals surface area contributed by atoms with Crippen molar-refractivity contribution < 1.29 is 4.39 Å². The van der Waals surface area contributed by atoms with Crippen molar-refractivity contribution >= 4 is 11.8 Å². The topological polar surface area (TPSA) is 0 Å². The van der Waals surface area contributed by atoms with Crippen LogP contribution < -0.4 is 0 Å². The Hall–Kier alpha value is -1.28. The summed E-state index contributed by atoms with van der Waals surface area (Å²) in [6.45, 7) is 0. The van der Waals surface area contributed by atoms with Gasteiger partial charge < -0.3 is 0 Å². The third-order valence-corrected chi connectivity index (χ3v) is 2.75. The molecule has 0 saturated heterocycles. The second kappa shape index (κ2) is 4.29. The van der Waals surface area contributed by atoms with E-state index in [4.69, 9.17) is 0 Å². The molecule has 0 unspecified atom stereocenters. The summed E-state index contributed by atoms with van der Waals surface area (Å²) in [5.41, 5.74) is 0. The summed E-state index contributed by atoms with van der Waals surface area (Å²) in [6, 6.07) is 17.1. The molecule has 0 aliphatic heterocycles. The lowest BCUT2D eigenvalue weighted by molar-refractivity contribution is 0.626. The minimum Gasteiger partial charge on any atom is -0.207 e. The van der Waals surface area contributed by atoms with Gasteiger partial charge in [-0.15, -0.1) is 0 Å². The quantitative estimate of drug-likeness (QED) is 0.715. The molecule has 1 radical (unpaired) electrons. The lowest BCUT2D eigenvalue weighted by atomic mass is 10.3. The van der Waals surface area contributed by atoms with Crippen molar-refractivity contribution in [2.75, 3.05) is 0 Å². The molecule has 0 N–H and O–H groups in total. The van der Waals surface area contributed by atoms with Crippen LogP contribution in [0.1, 0.15) is 0 Å². The number of hydrogen-bond acceptors (Lipinski definition) is 1. The second-order valence-electron chi connectivity index (χ2n) is 2.79. The summed E-state index contributed by atoms with van der Waals surface area (Å²) in [6.07, 6.45) is 0. The second-order valence-corrected chi connectivity index (χ2v) is 3.94. The minimum absolute atomic E-state index is 0.198. The van der Waals surface area contributed by atoms with E-state index < -0.39 is 0 Å². The van der Waals surface area contributed by atoms with Crippen molar-refractivity contribution in [1.82, 2.24) is 0 Å². The first kappa shape index (κ1) is 9.28. The fourth-order valence-corrected chi connectivity index (χ4v) is 1.89. The molecule has 0 atom stereocenters. The van der Waals surface area contributed by atoms with Crippen LogP contribution in [-0.4, -0.2) is 0 Å². The molecule has 2 heteroatoms. The first-order valence-electron chi connectivity index (χ1n) is 4.24. The molecular formula is C12H8FS. The largest absolute Gasteiger partial charge is 0.207 e. The fraction of sp³-hybridized carbons (Fsp3) is 0. The van der Waals surface area contributed by atoms with Crippen molar-refractivity contribution in [3.05, 3.63) is 60.4 Å².